The summed E-state index contributed by atoms with van der Waals surface area (Å²) < 4.78 is 0. The van der Waals surface area contributed by atoms with Crippen molar-refractivity contribution in [1.29, 1.82) is 0 Å². The predicted octanol–water partition coefficient (Wildman–Crippen LogP) is 0.900. The maximum atomic E-state index is 12.1. The minimum absolute atomic E-state index is 0.0175. The van der Waals surface area contributed by atoms with Gasteiger partial charge in [-0.15, -0.1) is 0 Å². The van der Waals surface area contributed by atoms with E-state index >= 15 is 0 Å². The molecule has 1 aliphatic heterocycles. The third-order valence-corrected chi connectivity index (χ3v) is 4.02. The van der Waals surface area contributed by atoms with Crippen molar-refractivity contribution in [3.8, 4) is 0 Å². The molecule has 1 fully saturated rings. The van der Waals surface area contributed by atoms with Crippen molar-refractivity contribution in [3.63, 3.8) is 0 Å². The van der Waals surface area contributed by atoms with Gasteiger partial charge in [-0.25, -0.2) is 14.8 Å². The van der Waals surface area contributed by atoms with Crippen LogP contribution in [0.4, 0.5) is 11.5 Å². The van der Waals surface area contributed by atoms with Gasteiger partial charge in [0.1, 0.15) is 5.69 Å². The topological polar surface area (TPSA) is 86.6 Å². The summed E-state index contributed by atoms with van der Waals surface area (Å²) >= 11 is 0. The minimum Gasteiger partial charge on any atom is -0.475 e. The molecular formula is C13H16N4O3. The van der Waals surface area contributed by atoms with Gasteiger partial charge in [0, 0.05) is 13.1 Å². The monoisotopic (exact) mass is 276 g/mol. The molecule has 0 atom stereocenters. The Labute approximate surface area is 116 Å². The number of likely N-dealkylation sites (N-methyl/N-ethyl adjacent to an activating group) is 1. The van der Waals surface area contributed by atoms with Crippen LogP contribution in [0.2, 0.25) is 0 Å². The Morgan fingerprint density at radius 3 is 2.75 bits per heavy atom. The number of hydrogen-bond donors (Lipinski definition) is 1. The molecule has 7 heteroatoms. The second-order valence-electron chi connectivity index (χ2n) is 5.23. The van der Waals surface area contributed by atoms with E-state index in [0.717, 1.165) is 25.7 Å². The fourth-order valence-corrected chi connectivity index (χ4v) is 2.90. The summed E-state index contributed by atoms with van der Waals surface area (Å²) in [6, 6.07) is 0.267. The van der Waals surface area contributed by atoms with Crippen LogP contribution in [-0.2, 0) is 4.79 Å². The highest BCUT2D eigenvalue weighted by Gasteiger charge is 2.34. The third-order valence-electron chi connectivity index (χ3n) is 4.02. The van der Waals surface area contributed by atoms with Crippen LogP contribution in [-0.4, -0.2) is 46.6 Å². The van der Waals surface area contributed by atoms with Crippen LogP contribution < -0.4 is 9.80 Å². The minimum atomic E-state index is -1.15. The molecule has 106 valence electrons. The molecule has 0 unspecified atom stereocenters. The number of fused-ring (bicyclic) bond motifs is 1. The number of carboxylic acids is 1. The second-order valence-corrected chi connectivity index (χ2v) is 5.23. The van der Waals surface area contributed by atoms with Crippen LogP contribution in [0.1, 0.15) is 36.3 Å². The van der Waals surface area contributed by atoms with Crippen molar-refractivity contribution in [1.82, 2.24) is 9.97 Å². The average Bonchev–Trinajstić information content (AvgIpc) is 2.96. The number of carbonyl (C=O) groups is 2. The molecule has 0 aromatic carbocycles. The summed E-state index contributed by atoms with van der Waals surface area (Å²) in [6.45, 7) is 0.254. The fraction of sp³-hybridized carbons (Fsp3) is 0.538. The normalized spacial score (nSPS) is 19.4. The average molecular weight is 276 g/mol. The van der Waals surface area contributed by atoms with Crippen LogP contribution >= 0.6 is 0 Å². The quantitative estimate of drug-likeness (QED) is 0.863. The Morgan fingerprint density at radius 1 is 1.40 bits per heavy atom. The Bertz CT molecular complexity index is 569. The summed E-state index contributed by atoms with van der Waals surface area (Å²) in [5, 5.41) is 9.03. The van der Waals surface area contributed by atoms with Crippen molar-refractivity contribution < 1.29 is 14.7 Å². The van der Waals surface area contributed by atoms with Crippen LogP contribution in [0.3, 0.4) is 0 Å². The van der Waals surface area contributed by atoms with Gasteiger partial charge in [-0.1, -0.05) is 12.8 Å². The van der Waals surface area contributed by atoms with E-state index in [1.165, 1.54) is 11.1 Å². The van der Waals surface area contributed by atoms with Crippen molar-refractivity contribution >= 4 is 23.4 Å². The van der Waals surface area contributed by atoms with E-state index in [1.807, 2.05) is 4.90 Å². The Balaban J connectivity index is 2.06. The Kier molecular flexibility index (Phi) is 3.04. The SMILES string of the molecule is CN1C(=O)CN(C2CCCC2)c2nc(C(=O)O)ncc21. The number of hydrogen-bond acceptors (Lipinski definition) is 5. The first kappa shape index (κ1) is 12.8. The maximum Gasteiger partial charge on any atom is 0.374 e. The van der Waals surface area contributed by atoms with E-state index in [9.17, 15) is 9.59 Å². The standard InChI is InChI=1S/C13H16N4O3/c1-16-9-6-14-11(13(19)20)15-12(9)17(7-10(16)18)8-4-2-3-5-8/h6,8H,2-5,7H2,1H3,(H,19,20). The molecule has 1 aromatic heterocycles. The predicted molar refractivity (Wildman–Crippen MR) is 72.0 cm³/mol. The van der Waals surface area contributed by atoms with Crippen LogP contribution in [0.25, 0.3) is 0 Å². The number of amides is 1. The van der Waals surface area contributed by atoms with Crippen LogP contribution in [0, 0.1) is 0 Å². The zero-order valence-electron chi connectivity index (χ0n) is 11.2. The highest BCUT2D eigenvalue weighted by Crippen LogP contribution is 2.35. The molecular weight excluding hydrogens is 260 g/mol. The van der Waals surface area contributed by atoms with E-state index in [4.69, 9.17) is 5.11 Å². The summed E-state index contributed by atoms with van der Waals surface area (Å²) in [6.07, 6.45) is 5.73. The van der Waals surface area contributed by atoms with Crippen LogP contribution in [0.15, 0.2) is 6.20 Å². The Morgan fingerprint density at radius 2 is 2.10 bits per heavy atom. The molecule has 0 spiro atoms. The fourth-order valence-electron chi connectivity index (χ4n) is 2.90. The number of rotatable bonds is 2. The molecule has 0 bridgehead atoms. The zero-order valence-corrected chi connectivity index (χ0v) is 11.2. The van der Waals surface area contributed by atoms with Crippen LogP contribution in [0.5, 0.6) is 0 Å². The molecule has 20 heavy (non-hydrogen) atoms. The molecule has 1 aromatic rings. The molecule has 1 amide bonds. The smallest absolute Gasteiger partial charge is 0.374 e. The van der Waals surface area contributed by atoms with Gasteiger partial charge in [-0.3, -0.25) is 4.79 Å². The number of anilines is 2. The van der Waals surface area contributed by atoms with Crippen molar-refractivity contribution in [2.24, 2.45) is 0 Å². The van der Waals surface area contributed by atoms with Gasteiger partial charge in [0.2, 0.25) is 11.7 Å². The molecule has 0 radical (unpaired) electrons. The highest BCUT2D eigenvalue weighted by molar-refractivity contribution is 6.02. The first-order valence-electron chi connectivity index (χ1n) is 6.71. The Hall–Kier alpha value is -2.18. The van der Waals surface area contributed by atoms with E-state index in [1.54, 1.807) is 7.05 Å². The van der Waals surface area contributed by atoms with E-state index in [2.05, 4.69) is 9.97 Å². The summed E-state index contributed by atoms with van der Waals surface area (Å²) in [5.41, 5.74) is 0.582. The van der Waals surface area contributed by atoms with Gasteiger partial charge >= 0.3 is 5.97 Å². The van der Waals surface area contributed by atoms with Gasteiger partial charge in [-0.05, 0) is 12.8 Å². The molecule has 3 rings (SSSR count). The molecule has 2 aliphatic rings. The lowest BCUT2D eigenvalue weighted by Gasteiger charge is -2.37. The van der Waals surface area contributed by atoms with E-state index < -0.39 is 5.97 Å². The molecule has 0 saturated heterocycles. The number of aromatic carboxylic acids is 1. The lowest BCUT2D eigenvalue weighted by molar-refractivity contribution is -0.117. The number of aromatic nitrogens is 2. The van der Waals surface area contributed by atoms with Gasteiger partial charge < -0.3 is 14.9 Å². The molecule has 7 nitrogen and oxygen atoms in total. The van der Waals surface area contributed by atoms with Gasteiger partial charge in [-0.2, -0.15) is 0 Å². The largest absolute Gasteiger partial charge is 0.475 e. The lowest BCUT2D eigenvalue weighted by Crippen LogP contribution is -2.48. The van der Waals surface area contributed by atoms with Crippen molar-refractivity contribution in [3.05, 3.63) is 12.0 Å². The second kappa shape index (κ2) is 4.73. The third kappa shape index (κ3) is 1.99. The summed E-state index contributed by atoms with van der Waals surface area (Å²) in [7, 11) is 1.66. The first-order chi connectivity index (χ1) is 9.58. The van der Waals surface area contributed by atoms with Crippen molar-refractivity contribution in [2.75, 3.05) is 23.4 Å². The van der Waals surface area contributed by atoms with Gasteiger partial charge in [0.25, 0.3) is 0 Å². The molecule has 1 N–H and O–H groups in total. The maximum absolute atomic E-state index is 12.1. The lowest BCUT2D eigenvalue weighted by atomic mass is 10.1. The zero-order chi connectivity index (χ0) is 14.3. The van der Waals surface area contributed by atoms with Gasteiger partial charge in [0.15, 0.2) is 5.82 Å². The van der Waals surface area contributed by atoms with E-state index in [-0.39, 0.29) is 24.3 Å². The summed E-state index contributed by atoms with van der Waals surface area (Å²) in [4.78, 5) is 34.5. The van der Waals surface area contributed by atoms with Gasteiger partial charge in [0.05, 0.1) is 12.7 Å². The highest BCUT2D eigenvalue weighted by atomic mass is 16.4. The number of nitrogens with zero attached hydrogens (tertiary/aromatic N) is 4. The summed E-state index contributed by atoms with van der Waals surface area (Å²) in [5.74, 6) is -0.837. The molecule has 2 heterocycles. The van der Waals surface area contributed by atoms with E-state index in [0.29, 0.717) is 11.5 Å². The number of carboxylic acid groups (broad SMARTS) is 1. The number of carbonyl (C=O) groups excluding carboxylic acids is 1. The molecule has 1 aliphatic carbocycles. The first-order valence-corrected chi connectivity index (χ1v) is 6.71. The van der Waals surface area contributed by atoms with Crippen molar-refractivity contribution in [2.45, 2.75) is 31.7 Å². The molecule has 1 saturated carbocycles.